The van der Waals surface area contributed by atoms with Crippen LogP contribution in [0, 0.1) is 0 Å². The molecule has 2 rings (SSSR count). The molecule has 1 aromatic heterocycles. The highest BCUT2D eigenvalue weighted by Crippen LogP contribution is 2.32. The maximum absolute atomic E-state index is 11.8. The van der Waals surface area contributed by atoms with E-state index >= 15 is 0 Å². The standard InChI is InChI=1S/C15H19N3O3/c1-20-13-8-11(18-15(19)4-2-3-7-16)5-6-12(13)14-9-17-10-21-14/h5-6,8-10H,2-4,7,16H2,1H3,(H,18,19). The molecular weight excluding hydrogens is 270 g/mol. The molecule has 0 aliphatic carbocycles. The molecule has 1 aromatic carbocycles. The first-order valence-corrected chi connectivity index (χ1v) is 6.81. The Bertz CT molecular complexity index is 582. The third kappa shape index (κ3) is 4.06. The summed E-state index contributed by atoms with van der Waals surface area (Å²) < 4.78 is 10.6. The number of hydrogen-bond acceptors (Lipinski definition) is 5. The number of methoxy groups -OCH3 is 1. The molecule has 6 heteroatoms. The van der Waals surface area contributed by atoms with Crippen LogP contribution in [-0.2, 0) is 4.79 Å². The summed E-state index contributed by atoms with van der Waals surface area (Å²) in [5.41, 5.74) is 6.88. The van der Waals surface area contributed by atoms with Crippen LogP contribution in [0.15, 0.2) is 35.2 Å². The number of rotatable bonds is 7. The number of benzene rings is 1. The molecule has 0 aliphatic rings. The van der Waals surface area contributed by atoms with E-state index < -0.39 is 0 Å². The van der Waals surface area contributed by atoms with Crippen molar-refractivity contribution in [2.45, 2.75) is 19.3 Å². The van der Waals surface area contributed by atoms with Crippen LogP contribution in [0.1, 0.15) is 19.3 Å². The van der Waals surface area contributed by atoms with Crippen molar-refractivity contribution in [3.63, 3.8) is 0 Å². The van der Waals surface area contributed by atoms with Crippen LogP contribution >= 0.6 is 0 Å². The number of unbranched alkanes of at least 4 members (excludes halogenated alkanes) is 1. The van der Waals surface area contributed by atoms with Gasteiger partial charge in [-0.3, -0.25) is 4.79 Å². The fraction of sp³-hybridized carbons (Fsp3) is 0.333. The van der Waals surface area contributed by atoms with E-state index in [2.05, 4.69) is 10.3 Å². The number of carbonyl (C=O) groups excluding carboxylic acids is 1. The highest BCUT2D eigenvalue weighted by Gasteiger charge is 2.11. The summed E-state index contributed by atoms with van der Waals surface area (Å²) in [6.07, 6.45) is 5.07. The molecule has 1 amide bonds. The summed E-state index contributed by atoms with van der Waals surface area (Å²) in [5.74, 6) is 1.21. The second-order valence-corrected chi connectivity index (χ2v) is 4.57. The summed E-state index contributed by atoms with van der Waals surface area (Å²) in [6.45, 7) is 0.604. The number of anilines is 1. The van der Waals surface area contributed by atoms with Gasteiger partial charge in [0.05, 0.1) is 18.9 Å². The van der Waals surface area contributed by atoms with E-state index in [0.717, 1.165) is 18.4 Å². The van der Waals surface area contributed by atoms with Crippen molar-refractivity contribution in [1.82, 2.24) is 4.98 Å². The van der Waals surface area contributed by atoms with Crippen LogP contribution in [-0.4, -0.2) is 24.5 Å². The van der Waals surface area contributed by atoms with E-state index in [-0.39, 0.29) is 5.91 Å². The lowest BCUT2D eigenvalue weighted by atomic mass is 10.1. The molecule has 0 fully saturated rings. The van der Waals surface area contributed by atoms with E-state index in [0.29, 0.717) is 30.2 Å². The van der Waals surface area contributed by atoms with Crippen molar-refractivity contribution < 1.29 is 13.9 Å². The number of ether oxygens (including phenoxy) is 1. The zero-order chi connectivity index (χ0) is 15.1. The predicted molar refractivity (Wildman–Crippen MR) is 80.0 cm³/mol. The molecule has 0 radical (unpaired) electrons. The van der Waals surface area contributed by atoms with Gasteiger partial charge in [0, 0.05) is 18.2 Å². The quantitative estimate of drug-likeness (QED) is 0.764. The minimum absolute atomic E-state index is 0.0297. The molecule has 6 nitrogen and oxygen atoms in total. The number of nitrogens with one attached hydrogen (secondary N) is 1. The van der Waals surface area contributed by atoms with Crippen LogP contribution in [0.25, 0.3) is 11.3 Å². The van der Waals surface area contributed by atoms with Crippen molar-refractivity contribution in [3.05, 3.63) is 30.8 Å². The van der Waals surface area contributed by atoms with Crippen LogP contribution in [0.3, 0.4) is 0 Å². The molecule has 0 saturated carbocycles. The Hall–Kier alpha value is -2.34. The van der Waals surface area contributed by atoms with Gasteiger partial charge in [-0.05, 0) is 31.5 Å². The number of nitrogens with zero attached hydrogens (tertiary/aromatic N) is 1. The maximum atomic E-state index is 11.8. The van der Waals surface area contributed by atoms with Crippen molar-refractivity contribution in [2.75, 3.05) is 19.0 Å². The topological polar surface area (TPSA) is 90.4 Å². The number of oxazole rings is 1. The van der Waals surface area contributed by atoms with Gasteiger partial charge >= 0.3 is 0 Å². The van der Waals surface area contributed by atoms with Crippen molar-refractivity contribution in [1.29, 1.82) is 0 Å². The summed E-state index contributed by atoms with van der Waals surface area (Å²) in [7, 11) is 1.57. The molecule has 0 aliphatic heterocycles. The first kappa shape index (κ1) is 15.1. The minimum Gasteiger partial charge on any atom is -0.496 e. The largest absolute Gasteiger partial charge is 0.496 e. The van der Waals surface area contributed by atoms with E-state index in [1.165, 1.54) is 6.39 Å². The molecule has 112 valence electrons. The number of amides is 1. The Morgan fingerprint density at radius 2 is 2.29 bits per heavy atom. The van der Waals surface area contributed by atoms with Gasteiger partial charge in [-0.15, -0.1) is 0 Å². The molecule has 0 unspecified atom stereocenters. The normalized spacial score (nSPS) is 10.4. The zero-order valence-corrected chi connectivity index (χ0v) is 12.0. The van der Waals surface area contributed by atoms with Gasteiger partial charge in [-0.1, -0.05) is 0 Å². The fourth-order valence-electron chi connectivity index (χ4n) is 1.97. The van der Waals surface area contributed by atoms with E-state index in [9.17, 15) is 4.79 Å². The van der Waals surface area contributed by atoms with Gasteiger partial charge in [0.15, 0.2) is 12.2 Å². The second-order valence-electron chi connectivity index (χ2n) is 4.57. The van der Waals surface area contributed by atoms with Crippen LogP contribution in [0.4, 0.5) is 5.69 Å². The maximum Gasteiger partial charge on any atom is 0.224 e. The Kier molecular flexibility index (Phi) is 5.34. The van der Waals surface area contributed by atoms with Crippen molar-refractivity contribution in [3.8, 4) is 17.1 Å². The SMILES string of the molecule is COc1cc(NC(=O)CCCCN)ccc1-c1cnco1. The van der Waals surface area contributed by atoms with Gasteiger partial charge in [-0.2, -0.15) is 0 Å². The summed E-state index contributed by atoms with van der Waals surface area (Å²) in [4.78, 5) is 15.7. The van der Waals surface area contributed by atoms with Gasteiger partial charge in [-0.25, -0.2) is 4.98 Å². The number of aromatic nitrogens is 1. The fourth-order valence-corrected chi connectivity index (χ4v) is 1.97. The van der Waals surface area contributed by atoms with E-state index in [1.807, 2.05) is 6.07 Å². The monoisotopic (exact) mass is 289 g/mol. The van der Waals surface area contributed by atoms with Gasteiger partial charge in [0.2, 0.25) is 5.91 Å². The van der Waals surface area contributed by atoms with Crippen molar-refractivity contribution >= 4 is 11.6 Å². The Morgan fingerprint density at radius 1 is 1.43 bits per heavy atom. The van der Waals surface area contributed by atoms with E-state index in [1.54, 1.807) is 25.4 Å². The summed E-state index contributed by atoms with van der Waals surface area (Å²) in [6, 6.07) is 5.40. The molecule has 0 bridgehead atoms. The number of carbonyl (C=O) groups is 1. The molecule has 3 N–H and O–H groups in total. The second kappa shape index (κ2) is 7.44. The number of hydrogen-bond donors (Lipinski definition) is 2. The Labute approximate surface area is 123 Å². The molecule has 2 aromatic rings. The average Bonchev–Trinajstić information content (AvgIpc) is 3.01. The predicted octanol–water partition coefficient (Wildman–Crippen LogP) is 2.42. The lowest BCUT2D eigenvalue weighted by molar-refractivity contribution is -0.116. The first-order valence-electron chi connectivity index (χ1n) is 6.81. The smallest absolute Gasteiger partial charge is 0.224 e. The Balaban J connectivity index is 2.07. The Morgan fingerprint density at radius 3 is 2.95 bits per heavy atom. The molecule has 1 heterocycles. The molecule has 0 atom stereocenters. The lowest BCUT2D eigenvalue weighted by Crippen LogP contribution is -2.12. The summed E-state index contributed by atoms with van der Waals surface area (Å²) >= 11 is 0. The van der Waals surface area contributed by atoms with Crippen LogP contribution in [0.2, 0.25) is 0 Å². The van der Waals surface area contributed by atoms with Crippen LogP contribution < -0.4 is 15.8 Å². The average molecular weight is 289 g/mol. The third-order valence-corrected chi connectivity index (χ3v) is 3.04. The van der Waals surface area contributed by atoms with E-state index in [4.69, 9.17) is 14.9 Å². The molecule has 0 saturated heterocycles. The van der Waals surface area contributed by atoms with Gasteiger partial charge in [0.1, 0.15) is 5.75 Å². The van der Waals surface area contributed by atoms with Gasteiger partial charge in [0.25, 0.3) is 0 Å². The van der Waals surface area contributed by atoms with Crippen molar-refractivity contribution in [2.24, 2.45) is 5.73 Å². The zero-order valence-electron chi connectivity index (χ0n) is 12.0. The summed E-state index contributed by atoms with van der Waals surface area (Å²) in [5, 5.41) is 2.84. The third-order valence-electron chi connectivity index (χ3n) is 3.04. The van der Waals surface area contributed by atoms with Crippen LogP contribution in [0.5, 0.6) is 5.75 Å². The first-order chi connectivity index (χ1) is 10.2. The number of nitrogens with two attached hydrogens (primary N) is 1. The highest BCUT2D eigenvalue weighted by atomic mass is 16.5. The molecule has 21 heavy (non-hydrogen) atoms. The molecular formula is C15H19N3O3. The highest BCUT2D eigenvalue weighted by molar-refractivity contribution is 5.91. The molecule has 0 spiro atoms. The van der Waals surface area contributed by atoms with Gasteiger partial charge < -0.3 is 20.2 Å². The minimum atomic E-state index is -0.0297. The lowest BCUT2D eigenvalue weighted by Gasteiger charge is -2.10.